The topological polar surface area (TPSA) is 109 Å². The number of H-pyrrole nitrogens is 1. The standard InChI is InChI=1S/C22H31N5O4/c1-14(2)21(29)24-15-5-6-16-17(12-23-18(16)11-15)20(22(30)31)27-9-7-26(8-10-27)13-19(28)25(3)4/h5-6,11-12,14,20,23H,7-10,13H2,1-4H3,(H,24,29)(H,30,31)/t20-/m1/s1. The van der Waals surface area contributed by atoms with Crippen LogP contribution in [-0.4, -0.2) is 89.4 Å². The van der Waals surface area contributed by atoms with Crippen LogP contribution in [0.4, 0.5) is 5.69 Å². The van der Waals surface area contributed by atoms with Gasteiger partial charge in [0.1, 0.15) is 6.04 Å². The van der Waals surface area contributed by atoms with Crippen molar-refractivity contribution >= 4 is 34.4 Å². The fraction of sp³-hybridized carbons (Fsp3) is 0.500. The summed E-state index contributed by atoms with van der Waals surface area (Å²) >= 11 is 0. The normalized spacial score (nSPS) is 16.4. The first-order chi connectivity index (χ1) is 14.7. The van der Waals surface area contributed by atoms with Crippen molar-refractivity contribution in [1.82, 2.24) is 19.7 Å². The molecule has 1 aliphatic heterocycles. The van der Waals surface area contributed by atoms with Gasteiger partial charge in [0.25, 0.3) is 0 Å². The SMILES string of the molecule is CC(C)C(=O)Nc1ccc2c([C@H](C(=O)O)N3CCN(CC(=O)N(C)C)CC3)c[nH]c2c1. The monoisotopic (exact) mass is 429 g/mol. The highest BCUT2D eigenvalue weighted by Gasteiger charge is 2.32. The van der Waals surface area contributed by atoms with Gasteiger partial charge in [-0.05, 0) is 12.1 Å². The van der Waals surface area contributed by atoms with E-state index in [-0.39, 0.29) is 17.7 Å². The Kier molecular flexibility index (Phi) is 6.97. The molecule has 1 aliphatic rings. The zero-order valence-electron chi connectivity index (χ0n) is 18.5. The van der Waals surface area contributed by atoms with Crippen LogP contribution < -0.4 is 5.32 Å². The summed E-state index contributed by atoms with van der Waals surface area (Å²) in [6.45, 7) is 6.40. The van der Waals surface area contributed by atoms with Crippen molar-refractivity contribution in [3.63, 3.8) is 0 Å². The maximum absolute atomic E-state index is 12.2. The fourth-order valence-electron chi connectivity index (χ4n) is 3.74. The Morgan fingerprint density at radius 2 is 1.84 bits per heavy atom. The van der Waals surface area contributed by atoms with Gasteiger partial charge in [-0.2, -0.15) is 0 Å². The minimum atomic E-state index is -0.907. The van der Waals surface area contributed by atoms with Crippen LogP contribution in [0, 0.1) is 5.92 Å². The van der Waals surface area contributed by atoms with Gasteiger partial charge >= 0.3 is 5.97 Å². The minimum Gasteiger partial charge on any atom is -0.480 e. The molecule has 2 heterocycles. The predicted molar refractivity (Wildman–Crippen MR) is 119 cm³/mol. The molecule has 31 heavy (non-hydrogen) atoms. The van der Waals surface area contributed by atoms with Gasteiger partial charge in [0.05, 0.1) is 6.54 Å². The highest BCUT2D eigenvalue weighted by Crippen LogP contribution is 2.31. The van der Waals surface area contributed by atoms with Crippen LogP contribution in [0.15, 0.2) is 24.4 Å². The van der Waals surface area contributed by atoms with Crippen LogP contribution in [0.1, 0.15) is 25.5 Å². The molecule has 3 rings (SSSR count). The average Bonchev–Trinajstić information content (AvgIpc) is 3.11. The summed E-state index contributed by atoms with van der Waals surface area (Å²) in [5.41, 5.74) is 2.14. The Labute approximate surface area is 182 Å². The molecule has 0 spiro atoms. The molecule has 0 saturated carbocycles. The van der Waals surface area contributed by atoms with Crippen molar-refractivity contribution in [2.45, 2.75) is 19.9 Å². The molecule has 0 radical (unpaired) electrons. The molecule has 0 aliphatic carbocycles. The Hall–Kier alpha value is -2.91. The summed E-state index contributed by atoms with van der Waals surface area (Å²) in [4.78, 5) is 44.8. The van der Waals surface area contributed by atoms with Crippen LogP contribution in [-0.2, 0) is 14.4 Å². The molecule has 0 bridgehead atoms. The maximum Gasteiger partial charge on any atom is 0.325 e. The highest BCUT2D eigenvalue weighted by atomic mass is 16.4. The number of aromatic nitrogens is 1. The predicted octanol–water partition coefficient (Wildman–Crippen LogP) is 1.59. The zero-order valence-corrected chi connectivity index (χ0v) is 18.5. The summed E-state index contributed by atoms with van der Waals surface area (Å²) in [5, 5.41) is 13.7. The fourth-order valence-corrected chi connectivity index (χ4v) is 3.74. The largest absolute Gasteiger partial charge is 0.480 e. The number of nitrogens with zero attached hydrogens (tertiary/aromatic N) is 3. The molecular formula is C22H31N5O4. The number of rotatable bonds is 7. The lowest BCUT2D eigenvalue weighted by atomic mass is 10.0. The molecule has 0 unspecified atom stereocenters. The molecular weight excluding hydrogens is 398 g/mol. The number of hydrogen-bond acceptors (Lipinski definition) is 5. The summed E-state index contributed by atoms with van der Waals surface area (Å²) in [6, 6.07) is 4.68. The molecule has 1 fully saturated rings. The van der Waals surface area contributed by atoms with Crippen LogP contribution >= 0.6 is 0 Å². The molecule has 9 nitrogen and oxygen atoms in total. The molecule has 168 valence electrons. The highest BCUT2D eigenvalue weighted by molar-refractivity contribution is 5.96. The third kappa shape index (κ3) is 5.23. The van der Waals surface area contributed by atoms with E-state index in [1.165, 1.54) is 0 Å². The lowest BCUT2D eigenvalue weighted by Gasteiger charge is -2.37. The van der Waals surface area contributed by atoms with Gasteiger partial charge in [-0.3, -0.25) is 24.2 Å². The lowest BCUT2D eigenvalue weighted by molar-refractivity contribution is -0.145. The lowest BCUT2D eigenvalue weighted by Crippen LogP contribution is -2.51. The molecule has 9 heteroatoms. The average molecular weight is 430 g/mol. The minimum absolute atomic E-state index is 0.0419. The number of aromatic amines is 1. The Bertz CT molecular complexity index is 960. The molecule has 3 N–H and O–H groups in total. The van der Waals surface area contributed by atoms with Gasteiger partial charge < -0.3 is 20.3 Å². The summed E-state index contributed by atoms with van der Waals surface area (Å²) in [6.07, 6.45) is 1.74. The number of hydrogen-bond donors (Lipinski definition) is 3. The first kappa shape index (κ1) is 22.8. The number of carboxylic acids is 1. The van der Waals surface area contributed by atoms with Gasteiger partial charge in [0, 0.05) is 74.5 Å². The number of carbonyl (C=O) groups is 3. The third-order valence-corrected chi connectivity index (χ3v) is 5.66. The van der Waals surface area contributed by atoms with Crippen LogP contribution in [0.3, 0.4) is 0 Å². The molecule has 1 atom stereocenters. The Morgan fingerprint density at radius 3 is 2.42 bits per heavy atom. The van der Waals surface area contributed by atoms with Gasteiger partial charge in [-0.15, -0.1) is 0 Å². The van der Waals surface area contributed by atoms with Gasteiger partial charge in [-0.1, -0.05) is 19.9 Å². The number of carbonyl (C=O) groups excluding carboxylic acids is 2. The van der Waals surface area contributed by atoms with Gasteiger partial charge in [0.2, 0.25) is 11.8 Å². The van der Waals surface area contributed by atoms with E-state index in [2.05, 4.69) is 15.2 Å². The Balaban J connectivity index is 1.75. The van der Waals surface area contributed by atoms with Crippen molar-refractivity contribution in [3.05, 3.63) is 30.0 Å². The van der Waals surface area contributed by atoms with Crippen LogP contribution in [0.25, 0.3) is 10.9 Å². The van der Waals surface area contributed by atoms with E-state index in [0.29, 0.717) is 44.0 Å². The van der Waals surface area contributed by atoms with E-state index >= 15 is 0 Å². The van der Waals surface area contributed by atoms with Gasteiger partial charge in [-0.25, -0.2) is 0 Å². The molecule has 2 amide bonds. The van der Waals surface area contributed by atoms with E-state index in [1.807, 2.05) is 30.9 Å². The van der Waals surface area contributed by atoms with Crippen molar-refractivity contribution in [1.29, 1.82) is 0 Å². The second-order valence-electron chi connectivity index (χ2n) is 8.49. The quantitative estimate of drug-likeness (QED) is 0.617. The first-order valence-corrected chi connectivity index (χ1v) is 10.5. The van der Waals surface area contributed by atoms with E-state index in [1.54, 1.807) is 31.3 Å². The number of amides is 2. The van der Waals surface area contributed by atoms with E-state index in [0.717, 1.165) is 10.9 Å². The number of likely N-dealkylation sites (N-methyl/N-ethyl adjacent to an activating group) is 1. The summed E-state index contributed by atoms with van der Waals surface area (Å²) in [7, 11) is 3.46. The van der Waals surface area contributed by atoms with Crippen LogP contribution in [0.5, 0.6) is 0 Å². The summed E-state index contributed by atoms with van der Waals surface area (Å²) in [5.74, 6) is -1.06. The van der Waals surface area contributed by atoms with Crippen molar-refractivity contribution in [3.8, 4) is 0 Å². The van der Waals surface area contributed by atoms with Crippen LogP contribution in [0.2, 0.25) is 0 Å². The Morgan fingerprint density at radius 1 is 1.16 bits per heavy atom. The molecule has 1 saturated heterocycles. The number of carboxylic acid groups (broad SMARTS) is 1. The second-order valence-corrected chi connectivity index (χ2v) is 8.49. The molecule has 1 aromatic heterocycles. The van der Waals surface area contributed by atoms with Crippen molar-refractivity contribution < 1.29 is 19.5 Å². The number of anilines is 1. The number of benzene rings is 1. The maximum atomic E-state index is 12.2. The van der Waals surface area contributed by atoms with Crippen molar-refractivity contribution in [2.24, 2.45) is 5.92 Å². The molecule has 1 aromatic carbocycles. The van der Waals surface area contributed by atoms with E-state index in [4.69, 9.17) is 0 Å². The number of piperazine rings is 1. The van der Waals surface area contributed by atoms with E-state index in [9.17, 15) is 19.5 Å². The first-order valence-electron chi connectivity index (χ1n) is 10.5. The van der Waals surface area contributed by atoms with E-state index < -0.39 is 12.0 Å². The third-order valence-electron chi connectivity index (χ3n) is 5.66. The smallest absolute Gasteiger partial charge is 0.325 e. The number of aliphatic carboxylic acids is 1. The molecule has 2 aromatic rings. The number of nitrogens with one attached hydrogen (secondary N) is 2. The van der Waals surface area contributed by atoms with Gasteiger partial charge in [0.15, 0.2) is 0 Å². The number of fused-ring (bicyclic) bond motifs is 1. The second kappa shape index (κ2) is 9.49. The summed E-state index contributed by atoms with van der Waals surface area (Å²) < 4.78 is 0. The van der Waals surface area contributed by atoms with Crippen molar-refractivity contribution in [2.75, 3.05) is 52.1 Å². The zero-order chi connectivity index (χ0) is 22.7.